The van der Waals surface area contributed by atoms with Gasteiger partial charge in [-0.2, -0.15) is 0 Å². The molecule has 1 aromatic carbocycles. The number of thioether (sulfide) groups is 1. The Kier molecular flexibility index (Phi) is 7.98. The van der Waals surface area contributed by atoms with Crippen molar-refractivity contribution in [1.29, 1.82) is 0 Å². The normalized spacial score (nSPS) is 11.8. The second kappa shape index (κ2) is 9.48. The summed E-state index contributed by atoms with van der Waals surface area (Å²) < 4.78 is 10.5. The number of carbonyl (C=O) groups is 2. The van der Waals surface area contributed by atoms with E-state index in [2.05, 4.69) is 0 Å². The smallest absolute Gasteiger partial charge is 0.335 e. The number of benzene rings is 1. The van der Waals surface area contributed by atoms with Gasteiger partial charge in [-0.1, -0.05) is 12.1 Å². The third-order valence-electron chi connectivity index (χ3n) is 2.83. The summed E-state index contributed by atoms with van der Waals surface area (Å²) in [5.41, 5.74) is 0.966. The van der Waals surface area contributed by atoms with Crippen molar-refractivity contribution in [1.82, 2.24) is 4.90 Å². The molecule has 0 aromatic heterocycles. The lowest BCUT2D eigenvalue weighted by Crippen LogP contribution is -2.28. The fourth-order valence-electron chi connectivity index (χ4n) is 1.75. The van der Waals surface area contributed by atoms with Crippen molar-refractivity contribution in [3.05, 3.63) is 29.8 Å². The number of ether oxygens (including phenoxy) is 2. The monoisotopic (exact) mass is 325 g/mol. The van der Waals surface area contributed by atoms with Crippen LogP contribution in [-0.4, -0.2) is 49.5 Å². The first kappa shape index (κ1) is 18.5. The second-order valence-corrected chi connectivity index (χ2v) is 5.83. The minimum absolute atomic E-state index is 0.0218. The van der Waals surface area contributed by atoms with E-state index in [9.17, 15) is 9.59 Å². The number of hydrogen-bond donors (Lipinski definition) is 0. The molecule has 22 heavy (non-hydrogen) atoms. The van der Waals surface area contributed by atoms with Gasteiger partial charge in [0.25, 0.3) is 5.24 Å². The van der Waals surface area contributed by atoms with Crippen LogP contribution in [0.5, 0.6) is 0 Å². The van der Waals surface area contributed by atoms with Gasteiger partial charge in [0.15, 0.2) is 6.10 Å². The fourth-order valence-corrected chi connectivity index (χ4v) is 2.40. The molecule has 0 fully saturated rings. The summed E-state index contributed by atoms with van der Waals surface area (Å²) in [6.45, 7) is 4.41. The summed E-state index contributed by atoms with van der Waals surface area (Å²) in [7, 11) is 3.44. The van der Waals surface area contributed by atoms with Gasteiger partial charge in [-0.25, -0.2) is 4.79 Å². The van der Waals surface area contributed by atoms with Crippen LogP contribution >= 0.6 is 11.8 Å². The first-order chi connectivity index (χ1) is 10.5. The topological polar surface area (TPSA) is 55.8 Å². The van der Waals surface area contributed by atoms with Crippen molar-refractivity contribution in [2.75, 3.05) is 27.3 Å². The number of hydrogen-bond acceptors (Lipinski definition) is 5. The minimum atomic E-state index is -0.591. The molecule has 0 bridgehead atoms. The first-order valence-corrected chi connectivity index (χ1v) is 8.05. The molecule has 0 N–H and O–H groups in total. The average Bonchev–Trinajstić information content (AvgIpc) is 2.48. The second-order valence-electron chi connectivity index (χ2n) is 4.81. The molecule has 5 nitrogen and oxygen atoms in total. The molecule has 0 aliphatic carbocycles. The van der Waals surface area contributed by atoms with Crippen LogP contribution in [0.15, 0.2) is 29.2 Å². The maximum Gasteiger partial charge on any atom is 0.335 e. The van der Waals surface area contributed by atoms with Crippen LogP contribution in [0.2, 0.25) is 0 Å². The highest BCUT2D eigenvalue weighted by Gasteiger charge is 2.20. The maximum absolute atomic E-state index is 11.8. The van der Waals surface area contributed by atoms with Gasteiger partial charge >= 0.3 is 5.97 Å². The number of amides is 1. The zero-order valence-electron chi connectivity index (χ0n) is 13.5. The largest absolute Gasteiger partial charge is 0.464 e. The highest BCUT2D eigenvalue weighted by Crippen LogP contribution is 2.21. The third-order valence-corrected chi connectivity index (χ3v) is 3.88. The zero-order chi connectivity index (χ0) is 16.5. The van der Waals surface area contributed by atoms with E-state index in [1.807, 2.05) is 31.2 Å². The van der Waals surface area contributed by atoms with E-state index >= 15 is 0 Å². The van der Waals surface area contributed by atoms with E-state index in [1.54, 1.807) is 21.0 Å². The van der Waals surface area contributed by atoms with E-state index in [4.69, 9.17) is 9.47 Å². The molecule has 0 saturated heterocycles. The van der Waals surface area contributed by atoms with Crippen molar-refractivity contribution in [3.63, 3.8) is 0 Å². The molecule has 1 rings (SSSR count). The lowest BCUT2D eigenvalue weighted by atomic mass is 10.1. The third kappa shape index (κ3) is 6.07. The Labute approximate surface area is 136 Å². The molecule has 0 radical (unpaired) electrons. The fraction of sp³-hybridized carbons (Fsp3) is 0.500. The summed E-state index contributed by atoms with van der Waals surface area (Å²) in [4.78, 5) is 25.9. The lowest BCUT2D eigenvalue weighted by Gasteiger charge is -2.15. The van der Waals surface area contributed by atoms with Crippen LogP contribution in [0.1, 0.15) is 19.4 Å². The van der Waals surface area contributed by atoms with Crippen molar-refractivity contribution in [2.45, 2.75) is 31.3 Å². The van der Waals surface area contributed by atoms with Gasteiger partial charge in [0.05, 0.1) is 6.61 Å². The summed E-state index contributed by atoms with van der Waals surface area (Å²) in [5, 5.41) is -0.0218. The highest BCUT2D eigenvalue weighted by molar-refractivity contribution is 8.13. The van der Waals surface area contributed by atoms with Gasteiger partial charge in [-0.15, -0.1) is 0 Å². The number of carbonyl (C=O) groups excluding carboxylic acids is 2. The molecule has 6 heteroatoms. The van der Waals surface area contributed by atoms with E-state index < -0.39 is 6.10 Å². The molecule has 0 heterocycles. The Balaban J connectivity index is 2.68. The van der Waals surface area contributed by atoms with E-state index in [-0.39, 0.29) is 11.2 Å². The first-order valence-electron chi connectivity index (χ1n) is 7.24. The summed E-state index contributed by atoms with van der Waals surface area (Å²) >= 11 is 1.17. The van der Waals surface area contributed by atoms with Crippen molar-refractivity contribution < 1.29 is 19.1 Å². The zero-order valence-corrected chi connectivity index (χ0v) is 14.3. The predicted octanol–water partition coefficient (Wildman–Crippen LogP) is 2.97. The van der Waals surface area contributed by atoms with Gasteiger partial charge in [0.2, 0.25) is 0 Å². The molecule has 1 amide bonds. The van der Waals surface area contributed by atoms with Crippen molar-refractivity contribution in [2.24, 2.45) is 0 Å². The Morgan fingerprint density at radius 2 is 1.77 bits per heavy atom. The number of nitrogens with zero attached hydrogens (tertiary/aromatic N) is 1. The van der Waals surface area contributed by atoms with E-state index in [1.165, 1.54) is 16.7 Å². The molecule has 1 unspecified atom stereocenters. The van der Waals surface area contributed by atoms with Gasteiger partial charge < -0.3 is 14.4 Å². The van der Waals surface area contributed by atoms with E-state index in [0.29, 0.717) is 19.6 Å². The highest BCUT2D eigenvalue weighted by atomic mass is 32.2. The quantitative estimate of drug-likeness (QED) is 0.570. The summed E-state index contributed by atoms with van der Waals surface area (Å²) in [5.74, 6) is -0.342. The molecule has 0 spiro atoms. The van der Waals surface area contributed by atoms with Gasteiger partial charge in [0.1, 0.15) is 0 Å². The van der Waals surface area contributed by atoms with Gasteiger partial charge in [0, 0.05) is 32.0 Å². The van der Waals surface area contributed by atoms with Crippen molar-refractivity contribution in [3.8, 4) is 0 Å². The van der Waals surface area contributed by atoms with Crippen LogP contribution in [0.25, 0.3) is 0 Å². The Hall–Kier alpha value is -1.53. The standard InChI is InChI=1S/C16H23NO4S/c1-5-20-14(15(18)21-6-2)11-12-7-9-13(10-8-12)22-16(19)17(3)4/h7-10,14H,5-6,11H2,1-4H3. The van der Waals surface area contributed by atoms with Gasteiger partial charge in [-0.3, -0.25) is 4.79 Å². The van der Waals surface area contributed by atoms with Gasteiger partial charge in [-0.05, 0) is 43.3 Å². The van der Waals surface area contributed by atoms with Crippen LogP contribution in [-0.2, 0) is 20.7 Å². The van der Waals surface area contributed by atoms with Crippen LogP contribution < -0.4 is 0 Å². The van der Waals surface area contributed by atoms with Crippen LogP contribution in [0.3, 0.4) is 0 Å². The number of esters is 1. The molecular formula is C16H23NO4S. The minimum Gasteiger partial charge on any atom is -0.464 e. The average molecular weight is 325 g/mol. The van der Waals surface area contributed by atoms with Crippen LogP contribution in [0, 0.1) is 0 Å². The molecule has 0 aliphatic rings. The molecule has 0 aliphatic heterocycles. The predicted molar refractivity (Wildman–Crippen MR) is 87.1 cm³/mol. The molecule has 1 aromatic rings. The number of rotatable bonds is 7. The summed E-state index contributed by atoms with van der Waals surface area (Å²) in [6, 6.07) is 7.54. The Bertz CT molecular complexity index is 487. The molecule has 122 valence electrons. The maximum atomic E-state index is 11.8. The molecule has 1 atom stereocenters. The summed E-state index contributed by atoms with van der Waals surface area (Å²) in [6.07, 6.45) is -0.133. The SMILES string of the molecule is CCOC(=O)C(Cc1ccc(SC(=O)N(C)C)cc1)OCC. The molecular weight excluding hydrogens is 302 g/mol. The Morgan fingerprint density at radius 1 is 1.14 bits per heavy atom. The lowest BCUT2D eigenvalue weighted by molar-refractivity contribution is -0.156. The van der Waals surface area contributed by atoms with Crippen molar-refractivity contribution >= 4 is 23.0 Å². The van der Waals surface area contributed by atoms with Crippen LogP contribution in [0.4, 0.5) is 4.79 Å². The Morgan fingerprint density at radius 3 is 2.27 bits per heavy atom. The molecule has 0 saturated carbocycles. The van der Waals surface area contributed by atoms with E-state index in [0.717, 1.165) is 10.5 Å².